The number of amides is 1. The summed E-state index contributed by atoms with van der Waals surface area (Å²) in [6, 6.07) is 0. The maximum atomic E-state index is 15.0. The number of methoxy groups -OCH3 is 1. The van der Waals surface area contributed by atoms with E-state index >= 15 is 0 Å². The molecule has 1 heterocycles. The monoisotopic (exact) mass is 678 g/mol. The van der Waals surface area contributed by atoms with E-state index in [2.05, 4.69) is 148 Å². The summed E-state index contributed by atoms with van der Waals surface area (Å²) < 4.78 is 12.8. The Labute approximate surface area is 300 Å². The average Bonchev–Trinajstić information content (AvgIpc) is 3.00. The second-order valence-electron chi connectivity index (χ2n) is 17.7. The summed E-state index contributed by atoms with van der Waals surface area (Å²) in [5, 5.41) is 0. The van der Waals surface area contributed by atoms with E-state index in [1.807, 2.05) is 11.9 Å². The van der Waals surface area contributed by atoms with Gasteiger partial charge in [-0.25, -0.2) is 0 Å². The molecule has 0 radical (unpaired) electrons. The average molecular weight is 678 g/mol. The SMILES string of the molecule is COC(COc1c(C)c(C)c(C)c(C)c1C)CN1C(C)(C)C(C)(C)N(C(C)(C)C(=O)N(C)c2c(C)c(C)c(C)c(C)c2C)C(C)(C)C1(C)C. The first kappa shape index (κ1) is 41.0. The molecule has 1 saturated heterocycles. The minimum atomic E-state index is -0.825. The fourth-order valence-electron chi connectivity index (χ4n) is 9.31. The van der Waals surface area contributed by atoms with Gasteiger partial charge in [-0.05, 0) is 194 Å². The minimum absolute atomic E-state index is 0.0974. The Morgan fingerprint density at radius 3 is 1.35 bits per heavy atom. The number of hydrogen-bond donors (Lipinski definition) is 0. The van der Waals surface area contributed by atoms with Crippen LogP contribution < -0.4 is 9.64 Å². The third-order valence-corrected chi connectivity index (χ3v) is 14.2. The second kappa shape index (κ2) is 13.3. The van der Waals surface area contributed by atoms with Gasteiger partial charge in [0.2, 0.25) is 5.91 Å². The number of nitrogens with zero attached hydrogens (tertiary/aromatic N) is 3. The van der Waals surface area contributed by atoms with E-state index in [1.54, 1.807) is 7.11 Å². The van der Waals surface area contributed by atoms with Gasteiger partial charge in [0.25, 0.3) is 0 Å². The van der Waals surface area contributed by atoms with Crippen molar-refractivity contribution in [2.24, 2.45) is 0 Å². The van der Waals surface area contributed by atoms with E-state index in [-0.39, 0.29) is 23.1 Å². The zero-order valence-corrected chi connectivity index (χ0v) is 35.6. The summed E-state index contributed by atoms with van der Waals surface area (Å²) in [4.78, 5) is 22.0. The zero-order valence-electron chi connectivity index (χ0n) is 35.6. The normalized spacial score (nSPS) is 19.6. The van der Waals surface area contributed by atoms with E-state index in [9.17, 15) is 4.79 Å². The number of ether oxygens (including phenoxy) is 2. The van der Waals surface area contributed by atoms with Gasteiger partial charge in [0.1, 0.15) is 18.5 Å². The third-order valence-electron chi connectivity index (χ3n) is 14.2. The van der Waals surface area contributed by atoms with Crippen LogP contribution in [-0.2, 0) is 9.53 Å². The molecule has 1 unspecified atom stereocenters. The molecule has 6 nitrogen and oxygen atoms in total. The van der Waals surface area contributed by atoms with Crippen molar-refractivity contribution in [2.75, 3.05) is 32.2 Å². The van der Waals surface area contributed by atoms with Gasteiger partial charge in [-0.15, -0.1) is 0 Å². The fraction of sp³-hybridized carbons (Fsp3) is 0.698. The number of rotatable bonds is 9. The van der Waals surface area contributed by atoms with E-state index < -0.39 is 16.6 Å². The van der Waals surface area contributed by atoms with Crippen LogP contribution in [0.15, 0.2) is 0 Å². The fourth-order valence-corrected chi connectivity index (χ4v) is 9.31. The number of anilines is 1. The van der Waals surface area contributed by atoms with Crippen molar-refractivity contribution in [3.8, 4) is 5.75 Å². The molecule has 1 amide bonds. The molecule has 0 spiro atoms. The van der Waals surface area contributed by atoms with Crippen LogP contribution in [0.3, 0.4) is 0 Å². The number of likely N-dealkylation sites (N-methyl/N-ethyl adjacent to an activating group) is 1. The molecule has 276 valence electrons. The summed E-state index contributed by atoms with van der Waals surface area (Å²) in [5.41, 5.74) is 11.1. The van der Waals surface area contributed by atoms with Gasteiger partial charge in [-0.1, -0.05) is 0 Å². The molecular formula is C43H71N3O3. The van der Waals surface area contributed by atoms with Gasteiger partial charge in [-0.3, -0.25) is 14.6 Å². The van der Waals surface area contributed by atoms with Crippen LogP contribution in [0.4, 0.5) is 5.69 Å². The van der Waals surface area contributed by atoms with Gasteiger partial charge in [0.15, 0.2) is 0 Å². The molecule has 2 aromatic rings. The molecule has 1 aliphatic heterocycles. The molecule has 6 heteroatoms. The highest BCUT2D eigenvalue weighted by atomic mass is 16.5. The summed E-state index contributed by atoms with van der Waals surface area (Å²) in [6.07, 6.45) is -0.155. The highest BCUT2D eigenvalue weighted by molar-refractivity contribution is 6.01. The van der Waals surface area contributed by atoms with Crippen LogP contribution in [0, 0.1) is 69.2 Å². The van der Waals surface area contributed by atoms with Crippen molar-refractivity contribution in [3.63, 3.8) is 0 Å². The highest BCUT2D eigenvalue weighted by Gasteiger charge is 2.67. The Balaban J connectivity index is 2.05. The quantitative estimate of drug-likeness (QED) is 0.265. The smallest absolute Gasteiger partial charge is 0.246 e. The summed E-state index contributed by atoms with van der Waals surface area (Å²) >= 11 is 0. The topological polar surface area (TPSA) is 45.3 Å². The van der Waals surface area contributed by atoms with Gasteiger partial charge < -0.3 is 14.4 Å². The lowest BCUT2D eigenvalue weighted by Gasteiger charge is -2.74. The van der Waals surface area contributed by atoms with Crippen LogP contribution in [-0.4, -0.2) is 76.8 Å². The molecule has 0 aromatic heterocycles. The first-order valence-electron chi connectivity index (χ1n) is 18.2. The van der Waals surface area contributed by atoms with Gasteiger partial charge >= 0.3 is 0 Å². The maximum Gasteiger partial charge on any atom is 0.246 e. The standard InChI is InChI=1S/C43H71N3O3/c1-25-27(3)31(7)36(32(8)28(25)4)44(21)38(47)39(11,12)46-42(17,18)40(13,14)45(41(15,16)43(46,19)20)23-35(48-22)24-49-37-33(9)29(5)26(2)30(6)34(37)10/h35H,23-24H2,1-22H3. The van der Waals surface area contributed by atoms with Gasteiger partial charge in [0, 0.05) is 48.5 Å². The van der Waals surface area contributed by atoms with Crippen LogP contribution in [0.1, 0.15) is 125 Å². The number of carbonyl (C=O) groups is 1. The Kier molecular flexibility index (Phi) is 11.1. The number of hydrogen-bond acceptors (Lipinski definition) is 5. The third kappa shape index (κ3) is 6.16. The van der Waals surface area contributed by atoms with E-state index in [0.717, 1.165) is 11.4 Å². The zero-order chi connectivity index (χ0) is 38.1. The number of carbonyl (C=O) groups excluding carboxylic acids is 1. The van der Waals surface area contributed by atoms with Crippen molar-refractivity contribution in [1.29, 1.82) is 0 Å². The second-order valence-corrected chi connectivity index (χ2v) is 17.7. The van der Waals surface area contributed by atoms with Crippen molar-refractivity contribution >= 4 is 11.6 Å². The van der Waals surface area contributed by atoms with Crippen molar-refractivity contribution in [2.45, 2.75) is 172 Å². The largest absolute Gasteiger partial charge is 0.490 e. The lowest BCUT2D eigenvalue weighted by Crippen LogP contribution is -2.88. The minimum Gasteiger partial charge on any atom is -0.490 e. The predicted octanol–water partition coefficient (Wildman–Crippen LogP) is 9.34. The van der Waals surface area contributed by atoms with Crippen molar-refractivity contribution < 1.29 is 14.3 Å². The number of piperazine rings is 1. The Bertz CT molecular complexity index is 1520. The van der Waals surface area contributed by atoms with Gasteiger partial charge in [0.05, 0.1) is 5.54 Å². The van der Waals surface area contributed by atoms with Crippen molar-refractivity contribution in [1.82, 2.24) is 9.80 Å². The molecule has 0 aliphatic carbocycles. The van der Waals surface area contributed by atoms with E-state index in [1.165, 1.54) is 55.6 Å². The van der Waals surface area contributed by atoms with Gasteiger partial charge in [-0.2, -0.15) is 0 Å². The summed E-state index contributed by atoms with van der Waals surface area (Å²) in [5.74, 6) is 1.07. The molecule has 3 rings (SSSR count). The molecule has 2 aromatic carbocycles. The lowest BCUT2D eigenvalue weighted by molar-refractivity contribution is -0.243. The Morgan fingerprint density at radius 1 is 0.633 bits per heavy atom. The molecule has 1 atom stereocenters. The molecule has 1 fully saturated rings. The molecule has 0 N–H and O–H groups in total. The van der Waals surface area contributed by atoms with Crippen LogP contribution in [0.5, 0.6) is 5.75 Å². The predicted molar refractivity (Wildman–Crippen MR) is 209 cm³/mol. The van der Waals surface area contributed by atoms with E-state index in [4.69, 9.17) is 9.47 Å². The molecule has 0 bridgehead atoms. The first-order chi connectivity index (χ1) is 22.1. The highest BCUT2D eigenvalue weighted by Crippen LogP contribution is 2.54. The van der Waals surface area contributed by atoms with E-state index in [0.29, 0.717) is 13.2 Å². The molecule has 0 saturated carbocycles. The molecular weight excluding hydrogens is 606 g/mol. The summed E-state index contributed by atoms with van der Waals surface area (Å²) in [7, 11) is 3.76. The first-order valence-corrected chi connectivity index (χ1v) is 18.2. The molecule has 1 aliphatic rings. The van der Waals surface area contributed by atoms with Crippen LogP contribution in [0.25, 0.3) is 0 Å². The van der Waals surface area contributed by atoms with Crippen molar-refractivity contribution in [3.05, 3.63) is 55.6 Å². The number of benzene rings is 2. The summed E-state index contributed by atoms with van der Waals surface area (Å²) in [6.45, 7) is 45.7. The van der Waals surface area contributed by atoms with Crippen LogP contribution in [0.2, 0.25) is 0 Å². The Morgan fingerprint density at radius 2 is 0.980 bits per heavy atom. The molecule has 49 heavy (non-hydrogen) atoms. The Hall–Kier alpha value is -2.41. The maximum absolute atomic E-state index is 15.0. The van der Waals surface area contributed by atoms with Crippen LogP contribution >= 0.6 is 0 Å². The lowest BCUT2D eigenvalue weighted by atomic mass is 9.62.